The Bertz CT molecular complexity index is 772. The maximum Gasteiger partial charge on any atom is 0.273 e. The van der Waals surface area contributed by atoms with Crippen LogP contribution in [-0.4, -0.2) is 9.91 Å². The second-order valence-corrected chi connectivity index (χ2v) is 4.31. The monoisotopic (exact) mass is 265 g/mol. The average molecular weight is 265 g/mol. The Morgan fingerprint density at radius 3 is 2.60 bits per heavy atom. The third-order valence-corrected chi connectivity index (χ3v) is 2.97. The van der Waals surface area contributed by atoms with Gasteiger partial charge < -0.3 is 5.32 Å². The van der Waals surface area contributed by atoms with Gasteiger partial charge in [-0.3, -0.25) is 15.1 Å². The maximum absolute atomic E-state index is 11.0. The third kappa shape index (κ3) is 2.29. The van der Waals surface area contributed by atoms with E-state index in [1.165, 1.54) is 12.1 Å². The van der Waals surface area contributed by atoms with Crippen LogP contribution in [0.25, 0.3) is 10.9 Å². The summed E-state index contributed by atoms with van der Waals surface area (Å²) < 4.78 is 0. The predicted octanol–water partition coefficient (Wildman–Crippen LogP) is 3.89. The van der Waals surface area contributed by atoms with Gasteiger partial charge in [0.05, 0.1) is 16.1 Å². The zero-order valence-corrected chi connectivity index (χ0v) is 10.5. The van der Waals surface area contributed by atoms with Crippen LogP contribution in [0.4, 0.5) is 17.1 Å². The number of nitro benzene ring substituents is 1. The number of fused-ring (bicyclic) bond motifs is 1. The summed E-state index contributed by atoms with van der Waals surface area (Å²) >= 11 is 0. The number of rotatable bonds is 3. The zero-order valence-electron chi connectivity index (χ0n) is 10.5. The highest BCUT2D eigenvalue weighted by Gasteiger charge is 2.12. The number of benzene rings is 2. The third-order valence-electron chi connectivity index (χ3n) is 2.97. The molecule has 0 aliphatic rings. The van der Waals surface area contributed by atoms with Gasteiger partial charge in [-0.2, -0.15) is 0 Å². The quantitative estimate of drug-likeness (QED) is 0.576. The van der Waals surface area contributed by atoms with Gasteiger partial charge in [0.1, 0.15) is 0 Å². The molecule has 0 radical (unpaired) electrons. The van der Waals surface area contributed by atoms with Crippen LogP contribution in [0.1, 0.15) is 0 Å². The van der Waals surface area contributed by atoms with E-state index < -0.39 is 4.92 Å². The molecule has 2 aromatic carbocycles. The number of pyridine rings is 1. The van der Waals surface area contributed by atoms with Gasteiger partial charge in [-0.15, -0.1) is 0 Å². The van der Waals surface area contributed by atoms with Crippen molar-refractivity contribution in [3.8, 4) is 0 Å². The smallest absolute Gasteiger partial charge is 0.273 e. The van der Waals surface area contributed by atoms with E-state index in [9.17, 15) is 10.1 Å². The summed E-state index contributed by atoms with van der Waals surface area (Å²) in [5.74, 6) is 0. The zero-order chi connectivity index (χ0) is 13.9. The predicted molar refractivity (Wildman–Crippen MR) is 78.1 cm³/mol. The Hall–Kier alpha value is -2.95. The van der Waals surface area contributed by atoms with Gasteiger partial charge in [-0.25, -0.2) is 0 Å². The van der Waals surface area contributed by atoms with Crippen molar-refractivity contribution in [3.63, 3.8) is 0 Å². The molecule has 1 aromatic heterocycles. The van der Waals surface area contributed by atoms with E-state index >= 15 is 0 Å². The van der Waals surface area contributed by atoms with Gasteiger partial charge in [0.2, 0.25) is 0 Å². The molecule has 0 atom stereocenters. The SMILES string of the molecule is O=[N+]([O-])c1cc(Nc2ccccc2)c2cccnc2c1. The fourth-order valence-corrected chi connectivity index (χ4v) is 2.05. The number of aromatic nitrogens is 1. The van der Waals surface area contributed by atoms with E-state index in [2.05, 4.69) is 10.3 Å². The Morgan fingerprint density at radius 1 is 1.05 bits per heavy atom. The van der Waals surface area contributed by atoms with Crippen molar-refractivity contribution in [1.82, 2.24) is 4.98 Å². The number of nitrogens with one attached hydrogen (secondary N) is 1. The summed E-state index contributed by atoms with van der Waals surface area (Å²) in [6.45, 7) is 0. The minimum atomic E-state index is -0.412. The Balaban J connectivity index is 2.15. The molecule has 1 heterocycles. The van der Waals surface area contributed by atoms with E-state index in [1.807, 2.05) is 42.5 Å². The molecule has 0 aliphatic carbocycles. The summed E-state index contributed by atoms with van der Waals surface area (Å²) in [5, 5.41) is 15.0. The molecule has 1 N–H and O–H groups in total. The number of hydrogen-bond acceptors (Lipinski definition) is 4. The first-order valence-electron chi connectivity index (χ1n) is 6.09. The molecule has 3 rings (SSSR count). The van der Waals surface area contributed by atoms with Crippen molar-refractivity contribution >= 4 is 28.0 Å². The molecule has 5 heteroatoms. The molecule has 0 aliphatic heterocycles. The van der Waals surface area contributed by atoms with Gasteiger partial charge in [0, 0.05) is 29.4 Å². The number of nitro groups is 1. The summed E-state index contributed by atoms with van der Waals surface area (Å²) in [4.78, 5) is 14.8. The topological polar surface area (TPSA) is 68.1 Å². The molecule has 0 amide bonds. The number of anilines is 2. The summed E-state index contributed by atoms with van der Waals surface area (Å²) in [5.41, 5.74) is 2.17. The largest absolute Gasteiger partial charge is 0.355 e. The molecule has 5 nitrogen and oxygen atoms in total. The molecular weight excluding hydrogens is 254 g/mol. The number of nitrogens with zero attached hydrogens (tertiary/aromatic N) is 2. The molecule has 0 saturated carbocycles. The molecule has 0 saturated heterocycles. The fraction of sp³-hybridized carbons (Fsp3) is 0. The van der Waals surface area contributed by atoms with E-state index in [1.54, 1.807) is 6.20 Å². The highest BCUT2D eigenvalue weighted by atomic mass is 16.6. The molecule has 98 valence electrons. The average Bonchev–Trinajstić information content (AvgIpc) is 2.48. The molecule has 0 spiro atoms. The van der Waals surface area contributed by atoms with Crippen LogP contribution in [0.3, 0.4) is 0 Å². The molecule has 0 bridgehead atoms. The van der Waals surface area contributed by atoms with Crippen molar-refractivity contribution in [2.45, 2.75) is 0 Å². The van der Waals surface area contributed by atoms with Crippen molar-refractivity contribution in [3.05, 3.63) is 70.9 Å². The van der Waals surface area contributed by atoms with Crippen LogP contribution in [0.5, 0.6) is 0 Å². The number of non-ortho nitro benzene ring substituents is 1. The second-order valence-electron chi connectivity index (χ2n) is 4.31. The summed E-state index contributed by atoms with van der Waals surface area (Å²) in [6, 6.07) is 16.2. The summed E-state index contributed by atoms with van der Waals surface area (Å²) in [6.07, 6.45) is 1.62. The van der Waals surface area contributed by atoms with E-state index in [4.69, 9.17) is 0 Å². The van der Waals surface area contributed by atoms with Gasteiger partial charge in [-0.1, -0.05) is 18.2 Å². The van der Waals surface area contributed by atoms with Crippen LogP contribution in [0.15, 0.2) is 60.8 Å². The van der Waals surface area contributed by atoms with Gasteiger partial charge in [-0.05, 0) is 24.3 Å². The van der Waals surface area contributed by atoms with Crippen LogP contribution in [0.2, 0.25) is 0 Å². The second kappa shape index (κ2) is 4.97. The first-order valence-corrected chi connectivity index (χ1v) is 6.09. The minimum Gasteiger partial charge on any atom is -0.355 e. The molecule has 3 aromatic rings. The lowest BCUT2D eigenvalue weighted by atomic mass is 10.1. The lowest BCUT2D eigenvalue weighted by molar-refractivity contribution is -0.384. The lowest BCUT2D eigenvalue weighted by Gasteiger charge is -2.09. The standard InChI is InChI=1S/C15H11N3O2/c19-18(20)12-9-14-13(7-4-8-16-14)15(10-12)17-11-5-2-1-3-6-11/h1-10,17H. The van der Waals surface area contributed by atoms with Gasteiger partial charge in [0.25, 0.3) is 5.69 Å². The Labute approximate surface area is 115 Å². The first kappa shape index (κ1) is 12.1. The number of para-hydroxylation sites is 1. The normalized spacial score (nSPS) is 10.4. The minimum absolute atomic E-state index is 0.0228. The van der Waals surface area contributed by atoms with Crippen molar-refractivity contribution in [2.75, 3.05) is 5.32 Å². The Morgan fingerprint density at radius 2 is 1.85 bits per heavy atom. The highest BCUT2D eigenvalue weighted by molar-refractivity contribution is 5.95. The molecule has 0 unspecified atom stereocenters. The van der Waals surface area contributed by atoms with E-state index in [0.717, 1.165) is 11.1 Å². The molecule has 20 heavy (non-hydrogen) atoms. The Kier molecular flexibility index (Phi) is 3.01. The summed E-state index contributed by atoms with van der Waals surface area (Å²) in [7, 11) is 0. The van der Waals surface area contributed by atoms with E-state index in [0.29, 0.717) is 11.2 Å². The van der Waals surface area contributed by atoms with Crippen LogP contribution in [0, 0.1) is 10.1 Å². The van der Waals surface area contributed by atoms with Gasteiger partial charge >= 0.3 is 0 Å². The maximum atomic E-state index is 11.0. The van der Waals surface area contributed by atoms with Crippen LogP contribution in [-0.2, 0) is 0 Å². The van der Waals surface area contributed by atoms with Crippen molar-refractivity contribution in [1.29, 1.82) is 0 Å². The van der Waals surface area contributed by atoms with Crippen LogP contribution >= 0.6 is 0 Å². The van der Waals surface area contributed by atoms with Crippen LogP contribution < -0.4 is 5.32 Å². The van der Waals surface area contributed by atoms with Crippen molar-refractivity contribution < 1.29 is 4.92 Å². The van der Waals surface area contributed by atoms with Gasteiger partial charge in [0.15, 0.2) is 0 Å². The van der Waals surface area contributed by atoms with Crippen molar-refractivity contribution in [2.24, 2.45) is 0 Å². The van der Waals surface area contributed by atoms with E-state index in [-0.39, 0.29) is 5.69 Å². The molecule has 0 fully saturated rings. The number of hydrogen-bond donors (Lipinski definition) is 1. The highest BCUT2D eigenvalue weighted by Crippen LogP contribution is 2.30. The fourth-order valence-electron chi connectivity index (χ4n) is 2.05. The lowest BCUT2D eigenvalue weighted by Crippen LogP contribution is -1.95. The molecular formula is C15H11N3O2. The first-order chi connectivity index (χ1) is 9.74.